The van der Waals surface area contributed by atoms with Gasteiger partial charge in [-0.25, -0.2) is 0 Å². The van der Waals surface area contributed by atoms with Crippen LogP contribution in [0.25, 0.3) is 0 Å². The third kappa shape index (κ3) is 4.03. The van der Waals surface area contributed by atoms with Crippen LogP contribution in [0.4, 0.5) is 32.0 Å². The van der Waals surface area contributed by atoms with Gasteiger partial charge in [-0.2, -0.15) is 26.3 Å². The van der Waals surface area contributed by atoms with Crippen molar-refractivity contribution in [2.45, 2.75) is 44.0 Å². The second kappa shape index (κ2) is 7.79. The molecule has 0 spiro atoms. The van der Waals surface area contributed by atoms with E-state index >= 15 is 0 Å². The molecule has 1 unspecified atom stereocenters. The fourth-order valence-corrected chi connectivity index (χ4v) is 4.30. The molecule has 0 bridgehead atoms. The van der Waals surface area contributed by atoms with Gasteiger partial charge in [-0.15, -0.1) is 0 Å². The molecule has 1 aliphatic heterocycles. The summed E-state index contributed by atoms with van der Waals surface area (Å²) in [7, 11) is 0. The van der Waals surface area contributed by atoms with Crippen LogP contribution < -0.4 is 4.90 Å². The SMILES string of the molecule is O=C1CCCC2=C1C(c1ccc(C(F)(F)F)cc1)CC(=O)N2c1cccc(C(F)(F)F)c1. The predicted octanol–water partition coefficient (Wildman–Crippen LogP) is 6.25. The molecular formula is C23H17F6NO2. The van der Waals surface area contributed by atoms with E-state index < -0.39 is 35.3 Å². The van der Waals surface area contributed by atoms with E-state index in [2.05, 4.69) is 0 Å². The van der Waals surface area contributed by atoms with E-state index in [1.54, 1.807) is 0 Å². The molecule has 0 N–H and O–H groups in total. The molecule has 0 saturated carbocycles. The molecule has 1 aliphatic carbocycles. The van der Waals surface area contributed by atoms with Crippen LogP contribution >= 0.6 is 0 Å². The Balaban J connectivity index is 1.80. The van der Waals surface area contributed by atoms with Crippen molar-refractivity contribution in [2.75, 3.05) is 4.90 Å². The average Bonchev–Trinajstić information content (AvgIpc) is 2.72. The zero-order valence-corrected chi connectivity index (χ0v) is 16.6. The molecule has 3 nitrogen and oxygen atoms in total. The van der Waals surface area contributed by atoms with Crippen LogP contribution in [0.5, 0.6) is 0 Å². The van der Waals surface area contributed by atoms with E-state index in [0.717, 1.165) is 29.2 Å². The predicted molar refractivity (Wildman–Crippen MR) is 104 cm³/mol. The minimum absolute atomic E-state index is 0.0119. The number of anilines is 1. The molecule has 2 aromatic carbocycles. The first-order valence-electron chi connectivity index (χ1n) is 9.90. The number of hydrogen-bond acceptors (Lipinski definition) is 2. The molecule has 0 saturated heterocycles. The number of ketones is 1. The van der Waals surface area contributed by atoms with Crippen LogP contribution in [0.2, 0.25) is 0 Å². The van der Waals surface area contributed by atoms with Gasteiger partial charge in [-0.05, 0) is 48.7 Å². The number of carbonyl (C=O) groups is 2. The largest absolute Gasteiger partial charge is 0.416 e. The van der Waals surface area contributed by atoms with Crippen molar-refractivity contribution in [1.29, 1.82) is 0 Å². The van der Waals surface area contributed by atoms with Crippen LogP contribution in [0.1, 0.15) is 48.3 Å². The molecule has 9 heteroatoms. The Hall–Kier alpha value is -3.10. The highest BCUT2D eigenvalue weighted by Gasteiger charge is 2.41. The maximum absolute atomic E-state index is 13.2. The van der Waals surface area contributed by atoms with Crippen LogP contribution in [-0.2, 0) is 21.9 Å². The fraction of sp³-hybridized carbons (Fsp3) is 0.304. The number of alkyl halides is 6. The second-order valence-electron chi connectivity index (χ2n) is 7.79. The fourth-order valence-electron chi connectivity index (χ4n) is 4.30. The van der Waals surface area contributed by atoms with Gasteiger partial charge in [0.1, 0.15) is 0 Å². The molecule has 0 fully saturated rings. The van der Waals surface area contributed by atoms with Crippen molar-refractivity contribution in [1.82, 2.24) is 0 Å². The standard InChI is InChI=1S/C23H17F6NO2/c24-22(25,26)14-9-7-13(8-10-14)17-12-20(32)30(18-5-2-6-19(31)21(17)18)16-4-1-3-15(11-16)23(27,28)29/h1,3-4,7-11,17H,2,5-6,12H2. The van der Waals surface area contributed by atoms with E-state index in [-0.39, 0.29) is 29.9 Å². The first kappa shape index (κ1) is 22.1. The highest BCUT2D eigenvalue weighted by molar-refractivity contribution is 6.07. The summed E-state index contributed by atoms with van der Waals surface area (Å²) in [5, 5.41) is 0. The van der Waals surface area contributed by atoms with Crippen molar-refractivity contribution in [3.63, 3.8) is 0 Å². The maximum Gasteiger partial charge on any atom is 0.416 e. The van der Waals surface area contributed by atoms with Gasteiger partial charge in [0.05, 0.1) is 11.1 Å². The van der Waals surface area contributed by atoms with Crippen molar-refractivity contribution in [3.05, 3.63) is 76.5 Å². The summed E-state index contributed by atoms with van der Waals surface area (Å²) in [5.41, 5.74) is -0.763. The van der Waals surface area contributed by atoms with E-state index in [1.807, 2.05) is 0 Å². The summed E-state index contributed by atoms with van der Waals surface area (Å²) in [6.07, 6.45) is -8.41. The Morgan fingerprint density at radius 3 is 2.09 bits per heavy atom. The Morgan fingerprint density at radius 1 is 0.812 bits per heavy atom. The molecule has 168 valence electrons. The van der Waals surface area contributed by atoms with Gasteiger partial charge >= 0.3 is 12.4 Å². The minimum atomic E-state index is -4.60. The molecule has 2 aromatic rings. The minimum Gasteiger partial charge on any atom is -0.294 e. The summed E-state index contributed by atoms with van der Waals surface area (Å²) in [5.74, 6) is -1.50. The van der Waals surface area contributed by atoms with Crippen molar-refractivity contribution in [3.8, 4) is 0 Å². The summed E-state index contributed by atoms with van der Waals surface area (Å²) in [4.78, 5) is 27.0. The van der Waals surface area contributed by atoms with Gasteiger partial charge in [0.25, 0.3) is 0 Å². The van der Waals surface area contributed by atoms with Crippen LogP contribution in [0.3, 0.4) is 0 Å². The maximum atomic E-state index is 13.2. The lowest BCUT2D eigenvalue weighted by atomic mass is 9.77. The Bertz CT molecular complexity index is 1100. The zero-order valence-electron chi connectivity index (χ0n) is 16.6. The quantitative estimate of drug-likeness (QED) is 0.504. The molecule has 1 amide bonds. The number of allylic oxidation sites excluding steroid dienone is 2. The normalized spacial score (nSPS) is 19.9. The number of nitrogens with zero attached hydrogens (tertiary/aromatic N) is 1. The van der Waals surface area contributed by atoms with E-state index in [9.17, 15) is 35.9 Å². The molecular weight excluding hydrogens is 436 g/mol. The summed E-state index contributed by atoms with van der Waals surface area (Å²) < 4.78 is 78.2. The van der Waals surface area contributed by atoms with E-state index in [1.165, 1.54) is 24.3 Å². The van der Waals surface area contributed by atoms with E-state index in [4.69, 9.17) is 0 Å². The third-order valence-electron chi connectivity index (χ3n) is 5.75. The number of rotatable bonds is 2. The van der Waals surface area contributed by atoms with Crippen molar-refractivity contribution >= 4 is 17.4 Å². The number of benzene rings is 2. The average molecular weight is 453 g/mol. The first-order valence-corrected chi connectivity index (χ1v) is 9.90. The molecule has 2 aliphatic rings. The number of amides is 1. The van der Waals surface area contributed by atoms with Crippen LogP contribution in [-0.4, -0.2) is 11.7 Å². The van der Waals surface area contributed by atoms with Gasteiger partial charge in [0.15, 0.2) is 5.78 Å². The summed E-state index contributed by atoms with van der Waals surface area (Å²) >= 11 is 0. The van der Waals surface area contributed by atoms with Gasteiger partial charge in [0.2, 0.25) is 5.91 Å². The topological polar surface area (TPSA) is 37.4 Å². The summed E-state index contributed by atoms with van der Waals surface area (Å²) in [6, 6.07) is 8.59. The third-order valence-corrected chi connectivity index (χ3v) is 5.75. The monoisotopic (exact) mass is 453 g/mol. The second-order valence-corrected chi connectivity index (χ2v) is 7.79. The molecule has 0 aromatic heterocycles. The molecule has 1 atom stereocenters. The number of halogens is 6. The van der Waals surface area contributed by atoms with Gasteiger partial charge in [-0.1, -0.05) is 18.2 Å². The summed E-state index contributed by atoms with van der Waals surface area (Å²) in [6.45, 7) is 0. The number of hydrogen-bond donors (Lipinski definition) is 0. The lowest BCUT2D eigenvalue weighted by Gasteiger charge is -2.38. The smallest absolute Gasteiger partial charge is 0.294 e. The Morgan fingerprint density at radius 2 is 1.47 bits per heavy atom. The molecule has 0 radical (unpaired) electrons. The molecule has 1 heterocycles. The Labute approximate surface area is 179 Å². The van der Waals surface area contributed by atoms with E-state index in [0.29, 0.717) is 24.1 Å². The van der Waals surface area contributed by atoms with Crippen LogP contribution in [0, 0.1) is 0 Å². The molecule has 32 heavy (non-hydrogen) atoms. The Kier molecular flexibility index (Phi) is 5.38. The lowest BCUT2D eigenvalue weighted by molar-refractivity contribution is -0.138. The number of Topliss-reactive ketones (excluding diaryl/α,β-unsaturated/α-hetero) is 1. The highest BCUT2D eigenvalue weighted by Crippen LogP contribution is 2.44. The zero-order chi connectivity index (χ0) is 23.3. The van der Waals surface area contributed by atoms with Gasteiger partial charge in [-0.3, -0.25) is 14.5 Å². The van der Waals surface area contributed by atoms with Crippen LogP contribution in [0.15, 0.2) is 59.8 Å². The van der Waals surface area contributed by atoms with Gasteiger partial charge < -0.3 is 0 Å². The number of carbonyl (C=O) groups excluding carboxylic acids is 2. The van der Waals surface area contributed by atoms with Gasteiger partial charge in [0, 0.05) is 35.7 Å². The highest BCUT2D eigenvalue weighted by atomic mass is 19.4. The van der Waals surface area contributed by atoms with Crippen molar-refractivity contribution < 1.29 is 35.9 Å². The lowest BCUT2D eigenvalue weighted by Crippen LogP contribution is -2.40. The van der Waals surface area contributed by atoms with Crippen molar-refractivity contribution in [2.24, 2.45) is 0 Å². The molecule has 4 rings (SSSR count). The first-order chi connectivity index (χ1) is 15.0.